The lowest BCUT2D eigenvalue weighted by Crippen LogP contribution is -2.34. The molecule has 2 saturated heterocycles. The number of carbonyl (C=O) groups excluding carboxylic acids is 1. The third-order valence-electron chi connectivity index (χ3n) is 4.03. The lowest BCUT2D eigenvalue weighted by Gasteiger charge is -2.18. The fraction of sp³-hybridized carbons (Fsp3) is 0.500. The van der Waals surface area contributed by atoms with Crippen molar-refractivity contribution in [2.45, 2.75) is 19.4 Å². The van der Waals surface area contributed by atoms with Crippen molar-refractivity contribution in [1.29, 1.82) is 0 Å². The third-order valence-corrected chi connectivity index (χ3v) is 4.03. The number of carbonyl (C=O) groups is 1. The van der Waals surface area contributed by atoms with Gasteiger partial charge in [-0.2, -0.15) is 0 Å². The predicted octanol–water partition coefficient (Wildman–Crippen LogP) is 1.43. The first-order valence-electron chi connectivity index (χ1n) is 6.34. The zero-order chi connectivity index (χ0) is 11.8. The van der Waals surface area contributed by atoms with Gasteiger partial charge < -0.3 is 10.2 Å². The number of hydrogen-bond acceptors (Lipinski definition) is 2. The van der Waals surface area contributed by atoms with Crippen LogP contribution in [0, 0.1) is 12.8 Å². The van der Waals surface area contributed by atoms with E-state index in [9.17, 15) is 4.79 Å². The van der Waals surface area contributed by atoms with E-state index in [1.807, 2.05) is 36.1 Å². The molecule has 0 spiro atoms. The summed E-state index contributed by atoms with van der Waals surface area (Å²) < 4.78 is 0. The largest absolute Gasteiger partial charge is 0.337 e. The molecule has 1 aromatic rings. The molecule has 2 heterocycles. The maximum absolute atomic E-state index is 12.4. The predicted molar refractivity (Wildman–Crippen MR) is 67.0 cm³/mol. The van der Waals surface area contributed by atoms with Crippen molar-refractivity contribution in [2.75, 3.05) is 19.6 Å². The number of likely N-dealkylation sites (tertiary alicyclic amines) is 1. The maximum atomic E-state index is 12.4. The highest BCUT2D eigenvalue weighted by atomic mass is 16.2. The Kier molecular flexibility index (Phi) is 2.63. The van der Waals surface area contributed by atoms with Crippen molar-refractivity contribution in [3.8, 4) is 0 Å². The summed E-state index contributed by atoms with van der Waals surface area (Å²) in [5, 5.41) is 3.48. The molecule has 3 rings (SSSR count). The summed E-state index contributed by atoms with van der Waals surface area (Å²) in [6.45, 7) is 4.91. The number of benzene rings is 1. The number of nitrogens with one attached hydrogen (secondary N) is 1. The van der Waals surface area contributed by atoms with E-state index >= 15 is 0 Å². The Bertz CT molecular complexity index is 432. The molecule has 2 aliphatic heterocycles. The van der Waals surface area contributed by atoms with Crippen molar-refractivity contribution >= 4 is 5.91 Å². The highest BCUT2D eigenvalue weighted by Gasteiger charge is 2.38. The van der Waals surface area contributed by atoms with Gasteiger partial charge in [0.05, 0.1) is 0 Å². The first-order chi connectivity index (χ1) is 8.25. The lowest BCUT2D eigenvalue weighted by molar-refractivity contribution is 0.0782. The van der Waals surface area contributed by atoms with E-state index in [0.29, 0.717) is 12.0 Å². The van der Waals surface area contributed by atoms with Gasteiger partial charge in [0.25, 0.3) is 5.91 Å². The summed E-state index contributed by atoms with van der Waals surface area (Å²) >= 11 is 0. The minimum absolute atomic E-state index is 0.194. The SMILES string of the molecule is Cc1ccccc1C(=O)N1C[C@@H]2CCN[C@@H]2C1. The molecule has 90 valence electrons. The van der Waals surface area contributed by atoms with E-state index in [1.54, 1.807) is 0 Å². The Morgan fingerprint density at radius 3 is 2.94 bits per heavy atom. The van der Waals surface area contributed by atoms with Crippen LogP contribution < -0.4 is 5.32 Å². The van der Waals surface area contributed by atoms with Gasteiger partial charge in [0.15, 0.2) is 0 Å². The molecule has 1 aromatic carbocycles. The van der Waals surface area contributed by atoms with Gasteiger partial charge in [-0.05, 0) is 37.4 Å². The summed E-state index contributed by atoms with van der Waals surface area (Å²) in [5.41, 5.74) is 1.93. The van der Waals surface area contributed by atoms with Gasteiger partial charge in [-0.3, -0.25) is 4.79 Å². The summed E-state index contributed by atoms with van der Waals surface area (Å²) in [6, 6.07) is 8.38. The average molecular weight is 230 g/mol. The van der Waals surface area contributed by atoms with Crippen LogP contribution in [0.25, 0.3) is 0 Å². The number of nitrogens with zero attached hydrogens (tertiary/aromatic N) is 1. The van der Waals surface area contributed by atoms with Gasteiger partial charge in [-0.15, -0.1) is 0 Å². The highest BCUT2D eigenvalue weighted by Crippen LogP contribution is 2.26. The van der Waals surface area contributed by atoms with Crippen molar-refractivity contribution in [1.82, 2.24) is 10.2 Å². The van der Waals surface area contributed by atoms with Gasteiger partial charge in [-0.25, -0.2) is 0 Å². The van der Waals surface area contributed by atoms with E-state index in [1.165, 1.54) is 6.42 Å². The van der Waals surface area contributed by atoms with Gasteiger partial charge in [-0.1, -0.05) is 18.2 Å². The van der Waals surface area contributed by atoms with Crippen molar-refractivity contribution in [2.24, 2.45) is 5.92 Å². The molecule has 2 aliphatic rings. The fourth-order valence-electron chi connectivity index (χ4n) is 3.00. The van der Waals surface area contributed by atoms with Gasteiger partial charge in [0.2, 0.25) is 0 Å². The molecule has 2 atom stereocenters. The van der Waals surface area contributed by atoms with E-state index in [4.69, 9.17) is 0 Å². The second-order valence-electron chi connectivity index (χ2n) is 5.13. The molecule has 1 N–H and O–H groups in total. The van der Waals surface area contributed by atoms with Crippen LogP contribution in [0.4, 0.5) is 0 Å². The Morgan fingerprint density at radius 2 is 2.18 bits per heavy atom. The first-order valence-corrected chi connectivity index (χ1v) is 6.34. The van der Waals surface area contributed by atoms with Crippen LogP contribution in [0.15, 0.2) is 24.3 Å². The summed E-state index contributed by atoms with van der Waals surface area (Å²) in [4.78, 5) is 14.4. The molecule has 0 radical (unpaired) electrons. The molecule has 0 aliphatic carbocycles. The number of hydrogen-bond donors (Lipinski definition) is 1. The van der Waals surface area contributed by atoms with Gasteiger partial charge in [0.1, 0.15) is 0 Å². The quantitative estimate of drug-likeness (QED) is 0.791. The number of amides is 1. The van der Waals surface area contributed by atoms with Crippen LogP contribution >= 0.6 is 0 Å². The summed E-state index contributed by atoms with van der Waals surface area (Å²) in [5.74, 6) is 0.863. The minimum Gasteiger partial charge on any atom is -0.337 e. The standard InChI is InChI=1S/C14H18N2O/c1-10-4-2-3-5-12(10)14(17)16-8-11-6-7-15-13(11)9-16/h2-5,11,13,15H,6-9H2,1H3/t11-,13+/m0/s1. The lowest BCUT2D eigenvalue weighted by atomic mass is 10.1. The van der Waals surface area contributed by atoms with Gasteiger partial charge in [0, 0.05) is 24.7 Å². The molecular formula is C14H18N2O. The summed E-state index contributed by atoms with van der Waals surface area (Å²) in [7, 11) is 0. The van der Waals surface area contributed by atoms with Gasteiger partial charge >= 0.3 is 0 Å². The molecule has 2 fully saturated rings. The highest BCUT2D eigenvalue weighted by molar-refractivity contribution is 5.95. The first kappa shape index (κ1) is 10.8. The smallest absolute Gasteiger partial charge is 0.254 e. The molecule has 3 heteroatoms. The molecule has 0 aromatic heterocycles. The van der Waals surface area contributed by atoms with E-state index in [0.717, 1.165) is 30.8 Å². The van der Waals surface area contributed by atoms with Crippen LogP contribution in [0.3, 0.4) is 0 Å². The van der Waals surface area contributed by atoms with Crippen LogP contribution in [-0.4, -0.2) is 36.5 Å². The number of rotatable bonds is 1. The topological polar surface area (TPSA) is 32.3 Å². The third kappa shape index (κ3) is 1.84. The monoisotopic (exact) mass is 230 g/mol. The van der Waals surface area contributed by atoms with Crippen LogP contribution in [-0.2, 0) is 0 Å². The van der Waals surface area contributed by atoms with E-state index < -0.39 is 0 Å². The van der Waals surface area contributed by atoms with Crippen molar-refractivity contribution in [3.63, 3.8) is 0 Å². The Labute approximate surface area is 102 Å². The van der Waals surface area contributed by atoms with Crippen LogP contribution in [0.5, 0.6) is 0 Å². The van der Waals surface area contributed by atoms with Crippen molar-refractivity contribution in [3.05, 3.63) is 35.4 Å². The second kappa shape index (κ2) is 4.15. The fourth-order valence-corrected chi connectivity index (χ4v) is 3.00. The van der Waals surface area contributed by atoms with Crippen molar-refractivity contribution < 1.29 is 4.79 Å². The van der Waals surface area contributed by atoms with E-state index in [-0.39, 0.29) is 5.91 Å². The van der Waals surface area contributed by atoms with E-state index in [2.05, 4.69) is 5.32 Å². The molecule has 0 unspecified atom stereocenters. The molecule has 0 bridgehead atoms. The maximum Gasteiger partial charge on any atom is 0.254 e. The summed E-state index contributed by atoms with van der Waals surface area (Å²) in [6.07, 6.45) is 1.21. The minimum atomic E-state index is 0.194. The van der Waals surface area contributed by atoms with Crippen LogP contribution in [0.1, 0.15) is 22.3 Å². The Hall–Kier alpha value is -1.35. The molecule has 1 amide bonds. The zero-order valence-corrected chi connectivity index (χ0v) is 10.1. The number of fused-ring (bicyclic) bond motifs is 1. The molecule has 0 saturated carbocycles. The van der Waals surface area contributed by atoms with Crippen LogP contribution in [0.2, 0.25) is 0 Å². The molecular weight excluding hydrogens is 212 g/mol. The normalized spacial score (nSPS) is 27.2. The molecule has 17 heavy (non-hydrogen) atoms. The Balaban J connectivity index is 1.78. The zero-order valence-electron chi connectivity index (χ0n) is 10.1. The molecule has 3 nitrogen and oxygen atoms in total. The second-order valence-corrected chi connectivity index (χ2v) is 5.13. The number of aryl methyl sites for hydroxylation is 1. The Morgan fingerprint density at radius 1 is 1.35 bits per heavy atom. The average Bonchev–Trinajstić information content (AvgIpc) is 2.88.